The summed E-state index contributed by atoms with van der Waals surface area (Å²) in [6.45, 7) is 4.76. The lowest BCUT2D eigenvalue weighted by Gasteiger charge is -2.09. The van der Waals surface area contributed by atoms with Gasteiger partial charge in [0.1, 0.15) is 5.82 Å². The molecule has 10 nitrogen and oxygen atoms in total. The van der Waals surface area contributed by atoms with E-state index in [9.17, 15) is 19.7 Å². The molecular weight excluding hydrogens is 378 g/mol. The fourth-order valence-corrected chi connectivity index (χ4v) is 3.40. The predicted molar refractivity (Wildman–Crippen MR) is 108 cm³/mol. The predicted octanol–water partition coefficient (Wildman–Crippen LogP) is 2.08. The van der Waals surface area contributed by atoms with Gasteiger partial charge in [0.2, 0.25) is 0 Å². The van der Waals surface area contributed by atoms with Crippen molar-refractivity contribution in [1.82, 2.24) is 19.1 Å². The van der Waals surface area contributed by atoms with Crippen molar-refractivity contribution < 1.29 is 9.66 Å². The number of rotatable bonds is 8. The maximum Gasteiger partial charge on any atom is 0.330 e. The summed E-state index contributed by atoms with van der Waals surface area (Å²) in [5.74, 6) is 0.378. The average Bonchev–Trinajstić information content (AvgIpc) is 3.08. The molecular formula is C19H23N5O5. The maximum absolute atomic E-state index is 12.6. The molecule has 0 bridgehead atoms. The summed E-state index contributed by atoms with van der Waals surface area (Å²) >= 11 is 0. The summed E-state index contributed by atoms with van der Waals surface area (Å²) in [5.41, 5.74) is 0.526. The first kappa shape index (κ1) is 20.5. The molecule has 0 spiro atoms. The Hall–Kier alpha value is -3.27. The molecule has 2 aromatic heterocycles. The third kappa shape index (κ3) is 3.70. The van der Waals surface area contributed by atoms with Crippen molar-refractivity contribution in [3.05, 3.63) is 54.7 Å². The number of nitrogens with one attached hydrogen (secondary N) is 1. The normalized spacial score (nSPS) is 11.3. The minimum atomic E-state index is -0.549. The number of nitro groups is 1. The summed E-state index contributed by atoms with van der Waals surface area (Å²) in [5, 5.41) is 11.5. The van der Waals surface area contributed by atoms with Gasteiger partial charge < -0.3 is 9.30 Å². The summed E-state index contributed by atoms with van der Waals surface area (Å²) in [7, 11) is 1.54. The standard InChI is InChI=1S/C19H23N5O5/c1-4-8-23-17-15(18(25)21-19(23)26)22(9-10-29-3)16(20-17)13-7-6-12(5-2)14(11-13)24(27)28/h6-7,11H,4-5,8-10H2,1-3H3,(H,21,25,26). The highest BCUT2D eigenvalue weighted by Crippen LogP contribution is 2.29. The Bertz CT molecular complexity index is 1170. The lowest BCUT2D eigenvalue weighted by atomic mass is 10.1. The fraction of sp³-hybridized carbons (Fsp3) is 0.421. The molecule has 10 heteroatoms. The van der Waals surface area contributed by atoms with E-state index in [1.54, 1.807) is 16.7 Å². The number of aromatic nitrogens is 4. The fourth-order valence-electron chi connectivity index (χ4n) is 3.40. The first-order chi connectivity index (χ1) is 13.9. The van der Waals surface area contributed by atoms with Gasteiger partial charge in [0, 0.05) is 37.4 Å². The molecule has 3 aromatic rings. The van der Waals surface area contributed by atoms with Gasteiger partial charge in [-0.1, -0.05) is 26.0 Å². The van der Waals surface area contributed by atoms with Crippen molar-refractivity contribution in [2.24, 2.45) is 0 Å². The Balaban J connectivity index is 2.35. The van der Waals surface area contributed by atoms with Crippen LogP contribution in [-0.4, -0.2) is 37.7 Å². The van der Waals surface area contributed by atoms with Gasteiger partial charge in [0.25, 0.3) is 11.2 Å². The van der Waals surface area contributed by atoms with E-state index >= 15 is 0 Å². The SMILES string of the molecule is CCCn1c(=O)[nH]c(=O)c2c1nc(-c1ccc(CC)c([N+](=O)[O-])c1)n2CCOC. The molecule has 0 amide bonds. The average molecular weight is 401 g/mol. The smallest absolute Gasteiger partial charge is 0.330 e. The van der Waals surface area contributed by atoms with E-state index in [0.29, 0.717) is 49.5 Å². The number of methoxy groups -OCH3 is 1. The number of aromatic amines is 1. The highest BCUT2D eigenvalue weighted by Gasteiger charge is 2.22. The molecule has 1 aromatic carbocycles. The summed E-state index contributed by atoms with van der Waals surface area (Å²) in [6.07, 6.45) is 1.20. The Labute approximate surface area is 165 Å². The monoisotopic (exact) mass is 401 g/mol. The Morgan fingerprint density at radius 2 is 1.97 bits per heavy atom. The Morgan fingerprint density at radius 3 is 2.59 bits per heavy atom. The van der Waals surface area contributed by atoms with Crippen molar-refractivity contribution in [3.8, 4) is 11.4 Å². The highest BCUT2D eigenvalue weighted by molar-refractivity contribution is 5.77. The molecule has 0 saturated heterocycles. The zero-order valence-corrected chi connectivity index (χ0v) is 16.6. The summed E-state index contributed by atoms with van der Waals surface area (Å²) < 4.78 is 8.22. The van der Waals surface area contributed by atoms with E-state index in [1.165, 1.54) is 17.7 Å². The first-order valence-electron chi connectivity index (χ1n) is 9.42. The lowest BCUT2D eigenvalue weighted by molar-refractivity contribution is -0.385. The van der Waals surface area contributed by atoms with Crippen molar-refractivity contribution in [3.63, 3.8) is 0 Å². The summed E-state index contributed by atoms with van der Waals surface area (Å²) in [4.78, 5) is 42.8. The van der Waals surface area contributed by atoms with Gasteiger partial charge >= 0.3 is 5.69 Å². The third-order valence-corrected chi connectivity index (χ3v) is 4.77. The zero-order chi connectivity index (χ0) is 21.1. The molecule has 0 saturated carbocycles. The summed E-state index contributed by atoms with van der Waals surface area (Å²) in [6, 6.07) is 4.89. The second-order valence-electron chi connectivity index (χ2n) is 6.62. The second kappa shape index (κ2) is 8.39. The molecule has 0 atom stereocenters. The minimum absolute atomic E-state index is 0.00444. The number of ether oxygens (including phenoxy) is 1. The molecule has 29 heavy (non-hydrogen) atoms. The first-order valence-corrected chi connectivity index (χ1v) is 9.42. The number of aryl methyl sites for hydroxylation is 2. The number of hydrogen-bond acceptors (Lipinski definition) is 6. The second-order valence-corrected chi connectivity index (χ2v) is 6.62. The zero-order valence-electron chi connectivity index (χ0n) is 16.6. The van der Waals surface area contributed by atoms with Crippen LogP contribution < -0.4 is 11.2 Å². The van der Waals surface area contributed by atoms with Gasteiger partial charge in [-0.15, -0.1) is 0 Å². The molecule has 0 aliphatic rings. The molecule has 0 radical (unpaired) electrons. The lowest BCUT2D eigenvalue weighted by Crippen LogP contribution is -2.31. The van der Waals surface area contributed by atoms with Gasteiger partial charge in [-0.05, 0) is 12.8 Å². The van der Waals surface area contributed by atoms with Gasteiger partial charge in [0.05, 0.1) is 11.5 Å². The molecule has 1 N–H and O–H groups in total. The number of fused-ring (bicyclic) bond motifs is 1. The van der Waals surface area contributed by atoms with Crippen LogP contribution in [0.4, 0.5) is 5.69 Å². The van der Waals surface area contributed by atoms with E-state index < -0.39 is 16.2 Å². The van der Waals surface area contributed by atoms with Gasteiger partial charge in [-0.3, -0.25) is 24.5 Å². The number of hydrogen-bond donors (Lipinski definition) is 1. The molecule has 3 rings (SSSR count). The molecule has 0 fully saturated rings. The van der Waals surface area contributed by atoms with E-state index in [1.807, 2.05) is 13.8 Å². The number of H-pyrrole nitrogens is 1. The highest BCUT2D eigenvalue weighted by atomic mass is 16.6. The molecule has 2 heterocycles. The van der Waals surface area contributed by atoms with Crippen LogP contribution in [0.1, 0.15) is 25.8 Å². The maximum atomic E-state index is 12.6. The Morgan fingerprint density at radius 1 is 1.21 bits per heavy atom. The van der Waals surface area contributed by atoms with Gasteiger partial charge in [-0.2, -0.15) is 0 Å². The van der Waals surface area contributed by atoms with E-state index in [2.05, 4.69) is 9.97 Å². The number of imidazole rings is 1. The quantitative estimate of drug-likeness (QED) is 0.455. The van der Waals surface area contributed by atoms with Crippen LogP contribution in [0.5, 0.6) is 0 Å². The van der Waals surface area contributed by atoms with Crippen LogP contribution in [-0.2, 0) is 24.2 Å². The number of nitrogens with zero attached hydrogens (tertiary/aromatic N) is 4. The molecule has 0 aliphatic carbocycles. The van der Waals surface area contributed by atoms with Crippen LogP contribution in [0.2, 0.25) is 0 Å². The largest absolute Gasteiger partial charge is 0.383 e. The molecule has 0 aliphatic heterocycles. The topological polar surface area (TPSA) is 125 Å². The van der Waals surface area contributed by atoms with Crippen LogP contribution in [0, 0.1) is 10.1 Å². The van der Waals surface area contributed by atoms with Crippen molar-refractivity contribution in [1.29, 1.82) is 0 Å². The van der Waals surface area contributed by atoms with Crippen LogP contribution >= 0.6 is 0 Å². The number of benzene rings is 1. The molecule has 0 unspecified atom stereocenters. The van der Waals surface area contributed by atoms with Gasteiger partial charge in [0.15, 0.2) is 11.2 Å². The van der Waals surface area contributed by atoms with Crippen molar-refractivity contribution in [2.75, 3.05) is 13.7 Å². The van der Waals surface area contributed by atoms with Crippen molar-refractivity contribution in [2.45, 2.75) is 39.8 Å². The van der Waals surface area contributed by atoms with Crippen LogP contribution in [0.25, 0.3) is 22.6 Å². The minimum Gasteiger partial charge on any atom is -0.383 e. The van der Waals surface area contributed by atoms with E-state index in [4.69, 9.17) is 4.74 Å². The Kier molecular flexibility index (Phi) is 5.92. The number of nitro benzene ring substituents is 1. The van der Waals surface area contributed by atoms with E-state index in [-0.39, 0.29) is 16.9 Å². The van der Waals surface area contributed by atoms with Crippen molar-refractivity contribution >= 4 is 16.9 Å². The third-order valence-electron chi connectivity index (χ3n) is 4.77. The molecule has 154 valence electrons. The van der Waals surface area contributed by atoms with Gasteiger partial charge in [-0.25, -0.2) is 9.78 Å². The van der Waals surface area contributed by atoms with Crippen LogP contribution in [0.3, 0.4) is 0 Å². The van der Waals surface area contributed by atoms with Crippen LogP contribution in [0.15, 0.2) is 27.8 Å². The van der Waals surface area contributed by atoms with E-state index in [0.717, 1.165) is 0 Å².